The van der Waals surface area contributed by atoms with E-state index in [0.717, 1.165) is 9.87 Å². The summed E-state index contributed by atoms with van der Waals surface area (Å²) in [5.74, 6) is -0.749. The van der Waals surface area contributed by atoms with Gasteiger partial charge in [-0.15, -0.1) is 0 Å². The van der Waals surface area contributed by atoms with Crippen molar-refractivity contribution >= 4 is 50.7 Å². The minimum absolute atomic E-state index is 0.0416. The van der Waals surface area contributed by atoms with Gasteiger partial charge in [-0.2, -0.15) is 0 Å². The van der Waals surface area contributed by atoms with Crippen molar-refractivity contribution in [3.63, 3.8) is 0 Å². The molecule has 0 spiro atoms. The predicted molar refractivity (Wildman–Crippen MR) is 166 cm³/mol. The van der Waals surface area contributed by atoms with Crippen molar-refractivity contribution in [2.45, 2.75) is 70.5 Å². The number of carbonyl (C=O) groups is 2. The third-order valence-electron chi connectivity index (χ3n) is 6.51. The zero-order chi connectivity index (χ0) is 30.5. The summed E-state index contributed by atoms with van der Waals surface area (Å²) < 4.78 is 28.9. The third-order valence-corrected chi connectivity index (χ3v) is 9.01. The van der Waals surface area contributed by atoms with E-state index < -0.39 is 40.0 Å². The molecule has 1 N–H and O–H groups in total. The number of hydrogen-bond acceptors (Lipinski definition) is 4. The molecule has 0 saturated heterocycles. The molecule has 0 bridgehead atoms. The fourth-order valence-corrected chi connectivity index (χ4v) is 6.14. The van der Waals surface area contributed by atoms with Crippen LogP contribution in [0.1, 0.15) is 58.6 Å². The summed E-state index contributed by atoms with van der Waals surface area (Å²) >= 11 is 12.9. The van der Waals surface area contributed by atoms with E-state index in [-0.39, 0.29) is 17.4 Å². The van der Waals surface area contributed by atoms with Gasteiger partial charge >= 0.3 is 0 Å². The number of benzene rings is 3. The maximum atomic E-state index is 14.1. The molecule has 10 heteroatoms. The summed E-state index contributed by atoms with van der Waals surface area (Å²) in [4.78, 5) is 28.7. The Morgan fingerprint density at radius 2 is 1.41 bits per heavy atom. The number of carbonyl (C=O) groups excluding carboxylic acids is 2. The van der Waals surface area contributed by atoms with Crippen LogP contribution in [-0.2, 0) is 26.2 Å². The number of nitrogens with one attached hydrogen (secondary N) is 1. The summed E-state index contributed by atoms with van der Waals surface area (Å²) in [7, 11) is -4.15. The SMILES string of the molecule is CC(C)c1ccc(N(CC(=O)N(Cc2c(Cl)cccc2Cl)[C@@H](C)C(=O)NC(C)(C)C)S(=O)(=O)c2ccccc2)cc1. The first-order valence-corrected chi connectivity index (χ1v) is 15.5. The number of anilines is 1. The normalized spacial score (nSPS) is 12.6. The second-order valence-electron chi connectivity index (χ2n) is 11.2. The third kappa shape index (κ3) is 8.24. The Hall–Kier alpha value is -3.07. The average Bonchev–Trinajstić information content (AvgIpc) is 2.90. The van der Waals surface area contributed by atoms with E-state index in [1.807, 2.05) is 46.8 Å². The monoisotopic (exact) mass is 617 g/mol. The minimum Gasteiger partial charge on any atom is -0.350 e. The van der Waals surface area contributed by atoms with Crippen LogP contribution in [0.3, 0.4) is 0 Å². The lowest BCUT2D eigenvalue weighted by Crippen LogP contribution is -2.54. The molecule has 7 nitrogen and oxygen atoms in total. The van der Waals surface area contributed by atoms with Gasteiger partial charge in [0.25, 0.3) is 10.0 Å². The smallest absolute Gasteiger partial charge is 0.264 e. The molecular weight excluding hydrogens is 581 g/mol. The highest BCUT2D eigenvalue weighted by Gasteiger charge is 2.34. The fourth-order valence-electron chi connectivity index (χ4n) is 4.18. The van der Waals surface area contributed by atoms with Crippen molar-refractivity contribution in [1.82, 2.24) is 10.2 Å². The number of rotatable bonds is 10. The topological polar surface area (TPSA) is 86.8 Å². The maximum Gasteiger partial charge on any atom is 0.264 e. The lowest BCUT2D eigenvalue weighted by Gasteiger charge is -2.34. The highest BCUT2D eigenvalue weighted by atomic mass is 35.5. The molecule has 0 fully saturated rings. The van der Waals surface area contributed by atoms with Gasteiger partial charge in [0.05, 0.1) is 10.6 Å². The Bertz CT molecular complexity index is 1450. The molecule has 2 amide bonds. The van der Waals surface area contributed by atoms with E-state index >= 15 is 0 Å². The molecule has 0 aromatic heterocycles. The number of hydrogen-bond donors (Lipinski definition) is 1. The van der Waals surface area contributed by atoms with Crippen molar-refractivity contribution in [1.29, 1.82) is 0 Å². The van der Waals surface area contributed by atoms with E-state index in [4.69, 9.17) is 23.2 Å². The highest BCUT2D eigenvalue weighted by Crippen LogP contribution is 2.29. The Kier molecular flexibility index (Phi) is 10.5. The van der Waals surface area contributed by atoms with Crippen LogP contribution in [0.15, 0.2) is 77.7 Å². The summed E-state index contributed by atoms with van der Waals surface area (Å²) in [5, 5.41) is 3.56. The second kappa shape index (κ2) is 13.3. The first kappa shape index (κ1) is 32.4. The van der Waals surface area contributed by atoms with E-state index in [0.29, 0.717) is 21.3 Å². The van der Waals surface area contributed by atoms with Crippen molar-refractivity contribution in [3.05, 3.63) is 94.0 Å². The molecule has 3 aromatic carbocycles. The molecule has 0 radical (unpaired) electrons. The molecular formula is C31H37Cl2N3O4S. The molecule has 0 heterocycles. The summed E-state index contributed by atoms with van der Waals surface area (Å²) in [6.45, 7) is 10.5. The minimum atomic E-state index is -4.15. The summed E-state index contributed by atoms with van der Waals surface area (Å²) in [5.41, 5.74) is 1.26. The largest absolute Gasteiger partial charge is 0.350 e. The molecule has 0 unspecified atom stereocenters. The average molecular weight is 619 g/mol. The standard InChI is InChI=1S/C31H37Cl2N3O4S/c1-21(2)23-15-17-24(18-16-23)36(41(39,40)25-11-8-7-9-12-25)20-29(37)35(22(3)30(38)34-31(4,5)6)19-26-27(32)13-10-14-28(26)33/h7-18,21-22H,19-20H2,1-6H3,(H,34,38)/t22-/m0/s1. The molecule has 3 aromatic rings. The molecule has 0 saturated carbocycles. The van der Waals surface area contributed by atoms with Crippen molar-refractivity contribution < 1.29 is 18.0 Å². The van der Waals surface area contributed by atoms with Crippen molar-refractivity contribution in [2.75, 3.05) is 10.8 Å². The Morgan fingerprint density at radius 3 is 1.93 bits per heavy atom. The van der Waals surface area contributed by atoms with Gasteiger partial charge in [0.1, 0.15) is 12.6 Å². The van der Waals surface area contributed by atoms with Gasteiger partial charge < -0.3 is 10.2 Å². The van der Waals surface area contributed by atoms with Gasteiger partial charge in [0.15, 0.2) is 0 Å². The zero-order valence-electron chi connectivity index (χ0n) is 24.2. The van der Waals surface area contributed by atoms with Crippen LogP contribution in [0.25, 0.3) is 0 Å². The van der Waals surface area contributed by atoms with Crippen molar-refractivity contribution in [2.24, 2.45) is 0 Å². The van der Waals surface area contributed by atoms with Gasteiger partial charge in [-0.25, -0.2) is 8.42 Å². The molecule has 41 heavy (non-hydrogen) atoms. The molecule has 0 aliphatic rings. The quantitative estimate of drug-likeness (QED) is 0.276. The molecule has 0 aliphatic carbocycles. The molecule has 220 valence electrons. The van der Waals surface area contributed by atoms with E-state index in [9.17, 15) is 18.0 Å². The van der Waals surface area contributed by atoms with Crippen LogP contribution in [0.4, 0.5) is 5.69 Å². The summed E-state index contributed by atoms with van der Waals surface area (Å²) in [6.07, 6.45) is 0. The Morgan fingerprint density at radius 1 is 0.854 bits per heavy atom. The van der Waals surface area contributed by atoms with Crippen LogP contribution in [0.2, 0.25) is 10.0 Å². The number of sulfonamides is 1. The number of nitrogens with zero attached hydrogens (tertiary/aromatic N) is 2. The van der Waals surface area contributed by atoms with E-state index in [1.54, 1.807) is 55.5 Å². The first-order valence-electron chi connectivity index (χ1n) is 13.3. The second-order valence-corrected chi connectivity index (χ2v) is 13.9. The van der Waals surface area contributed by atoms with Gasteiger partial charge in [0, 0.05) is 27.7 Å². The zero-order valence-corrected chi connectivity index (χ0v) is 26.5. The fraction of sp³-hybridized carbons (Fsp3) is 0.355. The van der Waals surface area contributed by atoms with Crippen LogP contribution in [-0.4, -0.2) is 43.3 Å². The van der Waals surface area contributed by atoms with E-state index in [1.165, 1.54) is 17.0 Å². The number of amides is 2. The predicted octanol–water partition coefficient (Wildman–Crippen LogP) is 6.64. The highest BCUT2D eigenvalue weighted by molar-refractivity contribution is 7.92. The number of halogens is 2. The summed E-state index contributed by atoms with van der Waals surface area (Å²) in [6, 6.07) is 19.0. The Balaban J connectivity index is 2.08. The van der Waals surface area contributed by atoms with Crippen LogP contribution < -0.4 is 9.62 Å². The van der Waals surface area contributed by atoms with Crippen LogP contribution >= 0.6 is 23.2 Å². The van der Waals surface area contributed by atoms with E-state index in [2.05, 4.69) is 5.32 Å². The van der Waals surface area contributed by atoms with Crippen molar-refractivity contribution in [3.8, 4) is 0 Å². The van der Waals surface area contributed by atoms with Gasteiger partial charge in [-0.3, -0.25) is 13.9 Å². The Labute approximate surface area is 253 Å². The van der Waals surface area contributed by atoms with Gasteiger partial charge in [0.2, 0.25) is 11.8 Å². The molecule has 0 aliphatic heterocycles. The maximum absolute atomic E-state index is 14.1. The van der Waals surface area contributed by atoms with Gasteiger partial charge in [-0.1, -0.05) is 73.4 Å². The lowest BCUT2D eigenvalue weighted by atomic mass is 10.0. The first-order chi connectivity index (χ1) is 19.1. The molecule has 3 rings (SSSR count). The van der Waals surface area contributed by atoms with Crippen LogP contribution in [0.5, 0.6) is 0 Å². The molecule has 1 atom stereocenters. The van der Waals surface area contributed by atoms with Gasteiger partial charge in [-0.05, 0) is 75.6 Å². The van der Waals surface area contributed by atoms with Crippen LogP contribution in [0, 0.1) is 0 Å². The lowest BCUT2D eigenvalue weighted by molar-refractivity contribution is -0.140.